The van der Waals surface area contributed by atoms with E-state index in [0.29, 0.717) is 5.82 Å². The summed E-state index contributed by atoms with van der Waals surface area (Å²) in [6.45, 7) is 11.7. The Bertz CT molecular complexity index is 438. The summed E-state index contributed by atoms with van der Waals surface area (Å²) in [5, 5.41) is 3.33. The Balaban J connectivity index is 1.90. The number of morpholine rings is 1. The van der Waals surface area contributed by atoms with Crippen molar-refractivity contribution >= 4 is 11.6 Å². The van der Waals surface area contributed by atoms with Crippen LogP contribution in [-0.4, -0.2) is 54.3 Å². The summed E-state index contributed by atoms with van der Waals surface area (Å²) in [7, 11) is 0. The van der Waals surface area contributed by atoms with Gasteiger partial charge in [0.2, 0.25) is 0 Å². The zero-order valence-electron chi connectivity index (χ0n) is 12.6. The summed E-state index contributed by atoms with van der Waals surface area (Å²) in [5.74, 6) is 2.08. The normalized spacial score (nSPS) is 17.1. The maximum absolute atomic E-state index is 5.85. The fraction of sp³-hybridized carbons (Fsp3) is 0.714. The highest BCUT2D eigenvalue weighted by atomic mass is 16.5. The predicted molar refractivity (Wildman–Crippen MR) is 80.9 cm³/mol. The maximum Gasteiger partial charge on any atom is 0.138 e. The van der Waals surface area contributed by atoms with Crippen LogP contribution in [0.15, 0.2) is 6.07 Å². The van der Waals surface area contributed by atoms with Gasteiger partial charge in [0, 0.05) is 37.7 Å². The van der Waals surface area contributed by atoms with Crippen LogP contribution in [0.25, 0.3) is 0 Å². The third-order valence-electron chi connectivity index (χ3n) is 3.25. The van der Waals surface area contributed by atoms with Gasteiger partial charge in [-0.15, -0.1) is 0 Å². The maximum atomic E-state index is 5.85. The van der Waals surface area contributed by atoms with Crippen LogP contribution in [-0.2, 0) is 10.2 Å². The number of ether oxygens (including phenoxy) is 1. The highest BCUT2D eigenvalue weighted by Gasteiger charge is 2.18. The molecule has 0 spiro atoms. The third kappa shape index (κ3) is 4.31. The van der Waals surface area contributed by atoms with Crippen LogP contribution in [0, 0.1) is 0 Å². The van der Waals surface area contributed by atoms with Crippen molar-refractivity contribution in [1.29, 1.82) is 0 Å². The van der Waals surface area contributed by atoms with Gasteiger partial charge in [-0.2, -0.15) is 0 Å². The smallest absolute Gasteiger partial charge is 0.138 e. The third-order valence-corrected chi connectivity index (χ3v) is 3.25. The molecule has 2 heterocycles. The second-order valence-corrected chi connectivity index (χ2v) is 6.13. The van der Waals surface area contributed by atoms with Crippen LogP contribution < -0.4 is 11.1 Å². The van der Waals surface area contributed by atoms with E-state index in [9.17, 15) is 0 Å². The molecule has 1 aromatic rings. The quantitative estimate of drug-likeness (QED) is 0.859. The molecule has 0 unspecified atom stereocenters. The lowest BCUT2D eigenvalue weighted by molar-refractivity contribution is 0.0398. The lowest BCUT2D eigenvalue weighted by Crippen LogP contribution is -2.39. The lowest BCUT2D eigenvalue weighted by Gasteiger charge is -2.26. The summed E-state index contributed by atoms with van der Waals surface area (Å²) in [6.07, 6.45) is 0. The molecule has 1 aliphatic rings. The molecule has 0 radical (unpaired) electrons. The minimum absolute atomic E-state index is 0.101. The van der Waals surface area contributed by atoms with E-state index in [0.717, 1.165) is 51.0 Å². The van der Waals surface area contributed by atoms with Gasteiger partial charge in [-0.1, -0.05) is 20.8 Å². The van der Waals surface area contributed by atoms with Gasteiger partial charge in [-0.3, -0.25) is 4.90 Å². The molecule has 1 aromatic heterocycles. The Morgan fingerprint density at radius 3 is 2.65 bits per heavy atom. The van der Waals surface area contributed by atoms with Gasteiger partial charge < -0.3 is 15.8 Å². The van der Waals surface area contributed by atoms with Crippen LogP contribution in [0.5, 0.6) is 0 Å². The predicted octanol–water partition coefficient (Wildman–Crippen LogP) is 1.10. The average molecular weight is 279 g/mol. The fourth-order valence-corrected chi connectivity index (χ4v) is 2.06. The average Bonchev–Trinajstić information content (AvgIpc) is 2.38. The van der Waals surface area contributed by atoms with Crippen LogP contribution in [0.3, 0.4) is 0 Å². The molecule has 6 nitrogen and oxygen atoms in total. The van der Waals surface area contributed by atoms with Gasteiger partial charge in [-0.05, 0) is 0 Å². The van der Waals surface area contributed by atoms with Crippen molar-refractivity contribution in [2.24, 2.45) is 0 Å². The Labute approximate surface area is 120 Å². The standard InChI is InChI=1S/C14H25N5O/c1-14(2,3)13-17-11(15)10-12(18-13)16-4-5-19-6-8-20-9-7-19/h10H,4-9H2,1-3H3,(H3,15,16,17,18). The minimum atomic E-state index is -0.101. The second-order valence-electron chi connectivity index (χ2n) is 6.13. The number of nitrogen functional groups attached to an aromatic ring is 1. The monoisotopic (exact) mass is 279 g/mol. The van der Waals surface area contributed by atoms with Crippen molar-refractivity contribution in [2.45, 2.75) is 26.2 Å². The van der Waals surface area contributed by atoms with Crippen LogP contribution in [0.2, 0.25) is 0 Å². The highest BCUT2D eigenvalue weighted by molar-refractivity contribution is 5.45. The van der Waals surface area contributed by atoms with Crippen LogP contribution >= 0.6 is 0 Å². The molecular weight excluding hydrogens is 254 g/mol. The molecule has 0 aliphatic carbocycles. The number of hydrogen-bond donors (Lipinski definition) is 2. The molecular formula is C14H25N5O. The van der Waals surface area contributed by atoms with Gasteiger partial charge in [0.15, 0.2) is 0 Å². The molecule has 0 bridgehead atoms. The van der Waals surface area contributed by atoms with E-state index in [1.165, 1.54) is 0 Å². The van der Waals surface area contributed by atoms with Crippen molar-refractivity contribution < 1.29 is 4.74 Å². The van der Waals surface area contributed by atoms with Gasteiger partial charge in [0.1, 0.15) is 17.5 Å². The molecule has 2 rings (SSSR count). The van der Waals surface area contributed by atoms with Crippen molar-refractivity contribution in [3.63, 3.8) is 0 Å². The van der Waals surface area contributed by atoms with Gasteiger partial charge in [0.25, 0.3) is 0 Å². The number of aromatic nitrogens is 2. The largest absolute Gasteiger partial charge is 0.384 e. The van der Waals surface area contributed by atoms with E-state index < -0.39 is 0 Å². The zero-order chi connectivity index (χ0) is 14.6. The number of hydrogen-bond acceptors (Lipinski definition) is 6. The topological polar surface area (TPSA) is 76.3 Å². The number of nitrogens with two attached hydrogens (primary N) is 1. The number of nitrogens with one attached hydrogen (secondary N) is 1. The lowest BCUT2D eigenvalue weighted by atomic mass is 9.96. The summed E-state index contributed by atoms with van der Waals surface area (Å²) in [5.41, 5.74) is 5.75. The van der Waals surface area contributed by atoms with E-state index in [4.69, 9.17) is 10.5 Å². The Hall–Kier alpha value is -1.40. The van der Waals surface area contributed by atoms with Gasteiger partial charge in [-0.25, -0.2) is 9.97 Å². The first-order valence-corrected chi connectivity index (χ1v) is 7.14. The zero-order valence-corrected chi connectivity index (χ0v) is 12.6. The summed E-state index contributed by atoms with van der Waals surface area (Å²) in [4.78, 5) is 11.2. The summed E-state index contributed by atoms with van der Waals surface area (Å²) >= 11 is 0. The number of anilines is 2. The molecule has 1 aliphatic heterocycles. The second kappa shape index (κ2) is 6.37. The van der Waals surface area contributed by atoms with Crippen molar-refractivity contribution in [3.8, 4) is 0 Å². The first kappa shape index (κ1) is 15.0. The Morgan fingerprint density at radius 2 is 2.00 bits per heavy atom. The van der Waals surface area contributed by atoms with E-state index in [1.54, 1.807) is 6.07 Å². The Kier molecular flexibility index (Phi) is 4.77. The molecule has 0 atom stereocenters. The minimum Gasteiger partial charge on any atom is -0.384 e. The molecule has 112 valence electrons. The SMILES string of the molecule is CC(C)(C)c1nc(N)cc(NCCN2CCOCC2)n1. The molecule has 0 amide bonds. The van der Waals surface area contributed by atoms with Gasteiger partial charge >= 0.3 is 0 Å². The number of rotatable bonds is 4. The Morgan fingerprint density at radius 1 is 1.30 bits per heavy atom. The molecule has 1 fully saturated rings. The van der Waals surface area contributed by atoms with E-state index in [2.05, 4.69) is 41.0 Å². The number of nitrogens with zero attached hydrogens (tertiary/aromatic N) is 3. The fourth-order valence-electron chi connectivity index (χ4n) is 2.06. The first-order valence-electron chi connectivity index (χ1n) is 7.14. The summed E-state index contributed by atoms with van der Waals surface area (Å²) < 4.78 is 5.33. The molecule has 0 saturated carbocycles. The van der Waals surface area contributed by atoms with Crippen molar-refractivity contribution in [2.75, 3.05) is 50.4 Å². The van der Waals surface area contributed by atoms with Crippen LogP contribution in [0.1, 0.15) is 26.6 Å². The highest BCUT2D eigenvalue weighted by Crippen LogP contribution is 2.21. The van der Waals surface area contributed by atoms with Crippen molar-refractivity contribution in [1.82, 2.24) is 14.9 Å². The van der Waals surface area contributed by atoms with Crippen molar-refractivity contribution in [3.05, 3.63) is 11.9 Å². The molecule has 0 aromatic carbocycles. The van der Waals surface area contributed by atoms with E-state index in [-0.39, 0.29) is 5.41 Å². The van der Waals surface area contributed by atoms with Gasteiger partial charge in [0.05, 0.1) is 13.2 Å². The summed E-state index contributed by atoms with van der Waals surface area (Å²) in [6, 6.07) is 1.79. The first-order chi connectivity index (χ1) is 9.45. The van der Waals surface area contributed by atoms with E-state index in [1.807, 2.05) is 0 Å². The molecule has 1 saturated heterocycles. The molecule has 3 N–H and O–H groups in total. The molecule has 20 heavy (non-hydrogen) atoms. The van der Waals surface area contributed by atoms with E-state index >= 15 is 0 Å². The van der Waals surface area contributed by atoms with Crippen LogP contribution in [0.4, 0.5) is 11.6 Å². The molecule has 6 heteroatoms.